The molecule has 0 fully saturated rings. The molecule has 1 aliphatic carbocycles. The molecule has 5 heterocycles. The number of aromatic nitrogens is 2. The van der Waals surface area contributed by atoms with E-state index < -0.39 is 0 Å². The predicted molar refractivity (Wildman–Crippen MR) is 223 cm³/mol. The van der Waals surface area contributed by atoms with E-state index in [1.54, 1.807) is 0 Å². The summed E-state index contributed by atoms with van der Waals surface area (Å²) >= 11 is 0. The van der Waals surface area contributed by atoms with Crippen LogP contribution in [0.15, 0.2) is 138 Å². The van der Waals surface area contributed by atoms with Gasteiger partial charge >= 0.3 is 0 Å². The normalized spacial score (nSPS) is 13.7. The highest BCUT2D eigenvalue weighted by atomic mass is 16.3. The summed E-state index contributed by atoms with van der Waals surface area (Å²) in [4.78, 5) is 0. The van der Waals surface area contributed by atoms with Crippen LogP contribution in [0.5, 0.6) is 0 Å². The average molecular weight is 669 g/mol. The third kappa shape index (κ3) is 2.69. The highest BCUT2D eigenvalue weighted by Gasteiger charge is 2.43. The second-order valence-corrected chi connectivity index (χ2v) is 15.6. The molecule has 0 unspecified atom stereocenters. The first-order valence-electron chi connectivity index (χ1n) is 18.6. The Morgan fingerprint density at radius 2 is 1.09 bits per heavy atom. The minimum atomic E-state index is 0.0265. The fraction of sp³-hybridized carbons (Fsp3) is 0.0204. The number of fused-ring (bicyclic) bond motifs is 13. The molecule has 9 aromatic carbocycles. The largest absolute Gasteiger partial charge is 0.456 e. The van der Waals surface area contributed by atoms with Crippen molar-refractivity contribution in [2.45, 2.75) is 6.92 Å². The Bertz CT molecular complexity index is 3820. The minimum absolute atomic E-state index is 0.0265. The van der Waals surface area contributed by atoms with E-state index in [0.717, 1.165) is 11.2 Å². The van der Waals surface area contributed by atoms with Gasteiger partial charge in [-0.15, -0.1) is 0 Å². The van der Waals surface area contributed by atoms with E-state index in [9.17, 15) is 0 Å². The van der Waals surface area contributed by atoms with Crippen LogP contribution in [0.2, 0.25) is 0 Å². The third-order valence-corrected chi connectivity index (χ3v) is 13.2. The fourth-order valence-electron chi connectivity index (χ4n) is 11.4. The monoisotopic (exact) mass is 668 g/mol. The van der Waals surface area contributed by atoms with Gasteiger partial charge in [-0.05, 0) is 109 Å². The topological polar surface area (TPSA) is 23.0 Å². The molecule has 0 saturated carbocycles. The Morgan fingerprint density at radius 1 is 0.453 bits per heavy atom. The van der Waals surface area contributed by atoms with Gasteiger partial charge in [0.1, 0.15) is 11.2 Å². The number of aryl methyl sites for hydroxylation is 1. The maximum Gasteiger partial charge on any atom is 0.252 e. The van der Waals surface area contributed by atoms with Crippen molar-refractivity contribution in [3.05, 3.63) is 139 Å². The Hall–Kier alpha value is -6.78. The first-order valence-corrected chi connectivity index (χ1v) is 18.6. The Balaban J connectivity index is 1.25. The van der Waals surface area contributed by atoms with Crippen molar-refractivity contribution < 1.29 is 4.42 Å². The van der Waals surface area contributed by atoms with E-state index in [1.807, 2.05) is 0 Å². The molecule has 0 bridgehead atoms. The molecule has 3 nitrogen and oxygen atoms in total. The van der Waals surface area contributed by atoms with Crippen LogP contribution in [0.1, 0.15) is 5.56 Å². The van der Waals surface area contributed by atoms with Gasteiger partial charge in [-0.1, -0.05) is 97.1 Å². The molecular weight excluding hydrogens is 643 g/mol. The SMILES string of the molecule is Cc1cc2c3c(c1)-n1c4ccc5cccc6c5c4c4c5c(cc(c41)B3c1cc3ccccc3c3c4c7ccccc7ccc4n-2c13)oc1cccc-6c15. The lowest BCUT2D eigenvalue weighted by Gasteiger charge is -2.34. The van der Waals surface area contributed by atoms with Crippen LogP contribution in [0.25, 0.3) is 120 Å². The van der Waals surface area contributed by atoms with Crippen molar-refractivity contribution in [3.63, 3.8) is 0 Å². The molecule has 0 atom stereocenters. The van der Waals surface area contributed by atoms with Gasteiger partial charge in [-0.25, -0.2) is 0 Å². The van der Waals surface area contributed by atoms with Crippen molar-refractivity contribution in [1.29, 1.82) is 0 Å². The van der Waals surface area contributed by atoms with Crippen LogP contribution >= 0.6 is 0 Å². The van der Waals surface area contributed by atoms with Crippen LogP contribution in [0.3, 0.4) is 0 Å². The summed E-state index contributed by atoms with van der Waals surface area (Å²) in [5.41, 5.74) is 17.6. The molecule has 0 saturated heterocycles. The van der Waals surface area contributed by atoms with Gasteiger partial charge in [0.2, 0.25) is 0 Å². The molecule has 0 radical (unpaired) electrons. The van der Waals surface area contributed by atoms with Gasteiger partial charge in [-0.2, -0.15) is 0 Å². The maximum atomic E-state index is 6.93. The highest BCUT2D eigenvalue weighted by molar-refractivity contribution is 7.00. The summed E-state index contributed by atoms with van der Waals surface area (Å²) in [6.45, 7) is 2.30. The van der Waals surface area contributed by atoms with Crippen molar-refractivity contribution in [2.75, 3.05) is 0 Å². The number of hydrogen-bond acceptors (Lipinski definition) is 1. The number of nitrogens with zero attached hydrogens (tertiary/aromatic N) is 2. The van der Waals surface area contributed by atoms with Crippen LogP contribution in [0, 0.1) is 6.92 Å². The minimum Gasteiger partial charge on any atom is -0.456 e. The molecule has 15 rings (SSSR count). The van der Waals surface area contributed by atoms with E-state index in [-0.39, 0.29) is 6.71 Å². The lowest BCUT2D eigenvalue weighted by atomic mass is 9.34. The van der Waals surface area contributed by atoms with Crippen LogP contribution < -0.4 is 16.4 Å². The number of hydrogen-bond donors (Lipinski definition) is 0. The molecule has 3 aliphatic rings. The van der Waals surface area contributed by atoms with E-state index in [4.69, 9.17) is 4.42 Å². The molecule has 240 valence electrons. The van der Waals surface area contributed by atoms with Gasteiger partial charge in [0.15, 0.2) is 0 Å². The molecule has 12 aromatic rings. The number of rotatable bonds is 0. The van der Waals surface area contributed by atoms with Gasteiger partial charge < -0.3 is 13.6 Å². The second kappa shape index (κ2) is 8.30. The molecule has 0 amide bonds. The lowest BCUT2D eigenvalue weighted by Crippen LogP contribution is -2.59. The van der Waals surface area contributed by atoms with E-state index in [2.05, 4.69) is 150 Å². The molecular formula is C49H25BN2O. The summed E-state index contributed by atoms with van der Waals surface area (Å²) < 4.78 is 12.2. The first kappa shape index (κ1) is 26.1. The lowest BCUT2D eigenvalue weighted by molar-refractivity contribution is 0.669. The van der Waals surface area contributed by atoms with Crippen LogP contribution in [-0.4, -0.2) is 15.8 Å². The zero-order valence-electron chi connectivity index (χ0n) is 28.6. The molecule has 3 aromatic heterocycles. The van der Waals surface area contributed by atoms with E-state index in [1.165, 1.54) is 131 Å². The van der Waals surface area contributed by atoms with Crippen molar-refractivity contribution >= 4 is 121 Å². The zero-order chi connectivity index (χ0) is 34.0. The summed E-state index contributed by atoms with van der Waals surface area (Å²) in [6.07, 6.45) is 0. The van der Waals surface area contributed by atoms with Gasteiger partial charge in [0.25, 0.3) is 6.71 Å². The van der Waals surface area contributed by atoms with Gasteiger partial charge in [-0.3, -0.25) is 0 Å². The number of furan rings is 1. The standard InChI is InChI=1S/C49H25BN2O/c1-24-20-36-47-37(21-24)52-35-19-17-26-10-6-13-30-31-14-7-15-38-42(31)45-39(53-38)23-33(49(52)46(45)44(35)40(26)30)50(47)32-22-27-9-3-5-12-29(27)43-41-28-11-4-2-8-25(28)16-18-34(41)51(36)48(32)43/h2-23H,1H3. The summed E-state index contributed by atoms with van der Waals surface area (Å²) in [5, 5.41) is 15.6. The van der Waals surface area contributed by atoms with Crippen LogP contribution in [-0.2, 0) is 0 Å². The second-order valence-electron chi connectivity index (χ2n) is 15.6. The molecule has 53 heavy (non-hydrogen) atoms. The molecule has 4 heteroatoms. The smallest absolute Gasteiger partial charge is 0.252 e. The Morgan fingerprint density at radius 3 is 1.92 bits per heavy atom. The van der Waals surface area contributed by atoms with E-state index in [0.29, 0.717) is 0 Å². The first-order chi connectivity index (χ1) is 26.2. The summed E-state index contributed by atoms with van der Waals surface area (Å²) in [5.74, 6) is 0. The quantitative estimate of drug-likeness (QED) is 0.148. The zero-order valence-corrected chi connectivity index (χ0v) is 28.6. The highest BCUT2D eigenvalue weighted by Crippen LogP contribution is 2.52. The Kier molecular flexibility index (Phi) is 4.08. The number of benzene rings is 9. The van der Waals surface area contributed by atoms with E-state index >= 15 is 0 Å². The maximum absolute atomic E-state index is 6.93. The van der Waals surface area contributed by atoms with Gasteiger partial charge in [0, 0.05) is 43.7 Å². The average Bonchev–Trinajstić information content (AvgIpc) is 3.83. The predicted octanol–water partition coefficient (Wildman–Crippen LogP) is 10.7. The summed E-state index contributed by atoms with van der Waals surface area (Å²) in [6, 6.07) is 50.5. The molecule has 2 aliphatic heterocycles. The van der Waals surface area contributed by atoms with Crippen LogP contribution in [0.4, 0.5) is 0 Å². The fourth-order valence-corrected chi connectivity index (χ4v) is 11.4. The van der Waals surface area contributed by atoms with Crippen molar-refractivity contribution in [2.24, 2.45) is 0 Å². The van der Waals surface area contributed by atoms with Crippen molar-refractivity contribution in [3.8, 4) is 22.5 Å². The molecule has 0 N–H and O–H groups in total. The third-order valence-electron chi connectivity index (χ3n) is 13.2. The molecule has 0 spiro atoms. The van der Waals surface area contributed by atoms with Crippen molar-refractivity contribution in [1.82, 2.24) is 9.13 Å². The summed E-state index contributed by atoms with van der Waals surface area (Å²) in [7, 11) is 0. The Labute approximate surface area is 301 Å². The van der Waals surface area contributed by atoms with Gasteiger partial charge in [0.05, 0.1) is 22.1 Å².